The fourth-order valence-electron chi connectivity index (χ4n) is 4.53. The average molecular weight is 469 g/mol. The summed E-state index contributed by atoms with van der Waals surface area (Å²) < 4.78 is 0. The topological polar surface area (TPSA) is 49.4 Å². The molecule has 2 rings (SSSR count). The van der Waals surface area contributed by atoms with Crippen molar-refractivity contribution in [3.8, 4) is 0 Å². The largest absolute Gasteiger partial charge is 0.351 e. The zero-order valence-electron chi connectivity index (χ0n) is 19.2. The Kier molecular flexibility index (Phi) is 11.2. The van der Waals surface area contributed by atoms with E-state index in [4.69, 9.17) is 23.2 Å². The van der Waals surface area contributed by atoms with Gasteiger partial charge in [-0.15, -0.1) is 11.6 Å². The van der Waals surface area contributed by atoms with Gasteiger partial charge in [-0.05, 0) is 48.8 Å². The normalized spacial score (nSPS) is 20.7. The van der Waals surface area contributed by atoms with Crippen molar-refractivity contribution in [2.75, 3.05) is 12.4 Å². The summed E-state index contributed by atoms with van der Waals surface area (Å²) in [7, 11) is 0. The van der Waals surface area contributed by atoms with Gasteiger partial charge in [0.25, 0.3) is 0 Å². The number of hydrogen-bond acceptors (Lipinski definition) is 2. The standard InChI is InChI=1S/C25H38Cl2N2O2/c1-4-6-10-19(5-2)17-29(23(30)16-26)24(20-12-14-21(27)15-13-20)25(31)28-22-11-8-7-9-18(22)3/h12-15,18-19,22,24H,4-11,16-17H2,1-3H3,(H,28,31)/t18-,19-,22+,24-/m0/s1. The Morgan fingerprint density at radius 2 is 1.84 bits per heavy atom. The van der Waals surface area contributed by atoms with Crippen LogP contribution in [0.25, 0.3) is 0 Å². The van der Waals surface area contributed by atoms with Gasteiger partial charge in [-0.25, -0.2) is 0 Å². The van der Waals surface area contributed by atoms with Gasteiger partial charge < -0.3 is 10.2 Å². The van der Waals surface area contributed by atoms with Crippen LogP contribution in [-0.2, 0) is 9.59 Å². The summed E-state index contributed by atoms with van der Waals surface area (Å²) in [6.45, 7) is 7.04. The molecule has 4 nitrogen and oxygen atoms in total. The number of rotatable bonds is 11. The lowest BCUT2D eigenvalue weighted by Gasteiger charge is -2.36. The molecule has 1 aromatic rings. The first kappa shape index (κ1) is 26.0. The van der Waals surface area contributed by atoms with Crippen molar-refractivity contribution >= 4 is 35.0 Å². The molecule has 0 aliphatic heterocycles. The Bertz CT molecular complexity index is 695. The van der Waals surface area contributed by atoms with Crippen molar-refractivity contribution in [1.29, 1.82) is 0 Å². The number of halogens is 2. The van der Waals surface area contributed by atoms with Gasteiger partial charge in [-0.3, -0.25) is 9.59 Å². The van der Waals surface area contributed by atoms with E-state index in [-0.39, 0.29) is 23.7 Å². The monoisotopic (exact) mass is 468 g/mol. The first-order chi connectivity index (χ1) is 14.9. The van der Waals surface area contributed by atoms with Crippen molar-refractivity contribution in [2.24, 2.45) is 11.8 Å². The summed E-state index contributed by atoms with van der Waals surface area (Å²) in [5, 5.41) is 3.87. The van der Waals surface area contributed by atoms with Crippen LogP contribution in [0, 0.1) is 11.8 Å². The molecule has 0 radical (unpaired) electrons. The van der Waals surface area contributed by atoms with Crippen LogP contribution < -0.4 is 5.32 Å². The maximum Gasteiger partial charge on any atom is 0.247 e. The lowest BCUT2D eigenvalue weighted by Crippen LogP contribution is -2.50. The number of benzene rings is 1. The van der Waals surface area contributed by atoms with Crippen molar-refractivity contribution in [3.63, 3.8) is 0 Å². The summed E-state index contributed by atoms with van der Waals surface area (Å²) in [6, 6.07) is 6.69. The summed E-state index contributed by atoms with van der Waals surface area (Å²) in [5.74, 6) is 0.312. The molecule has 0 unspecified atom stereocenters. The van der Waals surface area contributed by atoms with Crippen LogP contribution in [0.3, 0.4) is 0 Å². The van der Waals surface area contributed by atoms with E-state index < -0.39 is 6.04 Å². The number of nitrogens with one attached hydrogen (secondary N) is 1. The molecule has 1 fully saturated rings. The minimum atomic E-state index is -0.701. The third kappa shape index (κ3) is 7.68. The number of carbonyl (C=O) groups is 2. The van der Waals surface area contributed by atoms with Crippen LogP contribution >= 0.6 is 23.2 Å². The summed E-state index contributed by atoms with van der Waals surface area (Å²) in [6.07, 6.45) is 8.65. The summed E-state index contributed by atoms with van der Waals surface area (Å²) in [4.78, 5) is 28.3. The third-order valence-electron chi connectivity index (χ3n) is 6.62. The van der Waals surface area contributed by atoms with Crippen LogP contribution in [-0.4, -0.2) is 35.2 Å². The highest BCUT2D eigenvalue weighted by molar-refractivity contribution is 6.30. The van der Waals surface area contributed by atoms with Gasteiger partial charge in [-0.2, -0.15) is 0 Å². The first-order valence-corrected chi connectivity index (χ1v) is 12.7. The van der Waals surface area contributed by atoms with Gasteiger partial charge in [0.05, 0.1) is 0 Å². The van der Waals surface area contributed by atoms with Crippen LogP contribution in [0.5, 0.6) is 0 Å². The fourth-order valence-corrected chi connectivity index (χ4v) is 4.81. The molecule has 1 saturated carbocycles. The van der Waals surface area contributed by atoms with E-state index in [1.54, 1.807) is 17.0 Å². The van der Waals surface area contributed by atoms with Crippen molar-refractivity contribution in [2.45, 2.75) is 84.2 Å². The molecule has 0 spiro atoms. The van der Waals surface area contributed by atoms with E-state index in [0.29, 0.717) is 23.4 Å². The molecule has 6 heteroatoms. The Morgan fingerprint density at radius 1 is 1.16 bits per heavy atom. The Hall–Kier alpha value is -1.26. The molecular formula is C25H38Cl2N2O2. The van der Waals surface area contributed by atoms with E-state index in [1.807, 2.05) is 12.1 Å². The molecule has 1 aromatic carbocycles. The maximum absolute atomic E-state index is 13.6. The SMILES string of the molecule is CCCC[C@H](CC)CN(C(=O)CCl)[C@H](C(=O)N[C@@H]1CCCC[C@@H]1C)c1ccc(Cl)cc1. The van der Waals surface area contributed by atoms with E-state index in [2.05, 4.69) is 26.1 Å². The molecule has 1 N–H and O–H groups in total. The van der Waals surface area contributed by atoms with Gasteiger partial charge in [-0.1, -0.05) is 76.6 Å². The highest BCUT2D eigenvalue weighted by Gasteiger charge is 2.34. The predicted octanol–water partition coefficient (Wildman–Crippen LogP) is 6.36. The van der Waals surface area contributed by atoms with Crippen molar-refractivity contribution < 1.29 is 9.59 Å². The van der Waals surface area contributed by atoms with E-state index in [1.165, 1.54) is 6.42 Å². The summed E-state index contributed by atoms with van der Waals surface area (Å²) >= 11 is 12.1. The number of carbonyl (C=O) groups excluding carboxylic acids is 2. The fraction of sp³-hybridized carbons (Fsp3) is 0.680. The highest BCUT2D eigenvalue weighted by atomic mass is 35.5. The molecule has 0 saturated heterocycles. The minimum Gasteiger partial charge on any atom is -0.351 e. The van der Waals surface area contributed by atoms with Gasteiger partial charge in [0.15, 0.2) is 0 Å². The molecule has 0 heterocycles. The van der Waals surface area contributed by atoms with Gasteiger partial charge in [0.1, 0.15) is 11.9 Å². The second-order valence-corrected chi connectivity index (χ2v) is 9.63. The second-order valence-electron chi connectivity index (χ2n) is 8.93. The Morgan fingerprint density at radius 3 is 2.42 bits per heavy atom. The maximum atomic E-state index is 13.6. The highest BCUT2D eigenvalue weighted by Crippen LogP contribution is 2.29. The van der Waals surface area contributed by atoms with Crippen LogP contribution in [0.4, 0.5) is 0 Å². The molecule has 1 aliphatic rings. The number of alkyl halides is 1. The van der Waals surface area contributed by atoms with E-state index >= 15 is 0 Å². The van der Waals surface area contributed by atoms with Crippen LogP contribution in [0.15, 0.2) is 24.3 Å². The smallest absolute Gasteiger partial charge is 0.247 e. The molecule has 174 valence electrons. The van der Waals surface area contributed by atoms with Crippen molar-refractivity contribution in [1.82, 2.24) is 10.2 Å². The average Bonchev–Trinajstić information content (AvgIpc) is 2.77. The third-order valence-corrected chi connectivity index (χ3v) is 7.10. The second kappa shape index (κ2) is 13.3. The zero-order valence-corrected chi connectivity index (χ0v) is 20.7. The quantitative estimate of drug-likeness (QED) is 0.384. The lowest BCUT2D eigenvalue weighted by molar-refractivity contribution is -0.140. The first-order valence-electron chi connectivity index (χ1n) is 11.8. The molecule has 1 aliphatic carbocycles. The summed E-state index contributed by atoms with van der Waals surface area (Å²) in [5.41, 5.74) is 0.772. The van der Waals surface area contributed by atoms with E-state index in [0.717, 1.165) is 50.5 Å². The van der Waals surface area contributed by atoms with E-state index in [9.17, 15) is 9.59 Å². The minimum absolute atomic E-state index is 0.120. The molecule has 0 aromatic heterocycles. The Balaban J connectivity index is 2.34. The van der Waals surface area contributed by atoms with Crippen molar-refractivity contribution in [3.05, 3.63) is 34.9 Å². The molecular weight excluding hydrogens is 431 g/mol. The molecule has 4 atom stereocenters. The van der Waals surface area contributed by atoms with Gasteiger partial charge >= 0.3 is 0 Å². The zero-order chi connectivity index (χ0) is 22.8. The van der Waals surface area contributed by atoms with Crippen LogP contribution in [0.2, 0.25) is 5.02 Å². The number of hydrogen-bond donors (Lipinski definition) is 1. The predicted molar refractivity (Wildman–Crippen MR) is 129 cm³/mol. The Labute approximate surface area is 198 Å². The number of nitrogens with zero attached hydrogens (tertiary/aromatic N) is 1. The van der Waals surface area contributed by atoms with Gasteiger partial charge in [0.2, 0.25) is 11.8 Å². The number of unbranched alkanes of at least 4 members (excludes halogenated alkanes) is 1. The van der Waals surface area contributed by atoms with Gasteiger partial charge in [0, 0.05) is 17.6 Å². The van der Waals surface area contributed by atoms with Crippen LogP contribution in [0.1, 0.15) is 83.7 Å². The number of amides is 2. The lowest BCUT2D eigenvalue weighted by atomic mass is 9.85. The molecule has 31 heavy (non-hydrogen) atoms. The molecule has 0 bridgehead atoms. The molecule has 2 amide bonds.